The Morgan fingerprint density at radius 3 is 1.41 bits per heavy atom. The quantitative estimate of drug-likeness (QED) is 0.0454. The molecule has 0 aliphatic heterocycles. The van der Waals surface area contributed by atoms with Crippen LogP contribution in [0.5, 0.6) is 0 Å². The van der Waals surface area contributed by atoms with E-state index in [1.54, 1.807) is 24.3 Å². The summed E-state index contributed by atoms with van der Waals surface area (Å²) in [7, 11) is 2.68. The van der Waals surface area contributed by atoms with Crippen LogP contribution in [0, 0.1) is 0 Å². The molecule has 0 saturated carbocycles. The van der Waals surface area contributed by atoms with Gasteiger partial charge in [0, 0.05) is 64.9 Å². The molecule has 0 atom stereocenters. The highest BCUT2D eigenvalue weighted by molar-refractivity contribution is 6.34. The van der Waals surface area contributed by atoms with Crippen LogP contribution in [0.1, 0.15) is 101 Å². The number of halogens is 2. The third kappa shape index (κ3) is 16.9. The Kier molecular flexibility index (Phi) is 20.4. The predicted octanol–water partition coefficient (Wildman–Crippen LogP) is 12.2. The highest BCUT2D eigenvalue weighted by Gasteiger charge is 2.22. The number of carbonyl (C=O) groups is 4. The summed E-state index contributed by atoms with van der Waals surface area (Å²) < 4.78 is 19.6. The molecule has 17 heteroatoms. The number of aromatic nitrogens is 2. The van der Waals surface area contributed by atoms with Crippen LogP contribution in [0.3, 0.4) is 0 Å². The summed E-state index contributed by atoms with van der Waals surface area (Å²) in [5.74, 6) is -0.430. The lowest BCUT2D eigenvalue weighted by atomic mass is 9.87. The summed E-state index contributed by atoms with van der Waals surface area (Å²) in [6.45, 7) is 22.3. The zero-order valence-corrected chi connectivity index (χ0v) is 43.0. The van der Waals surface area contributed by atoms with Crippen LogP contribution in [0.4, 0.5) is 22.7 Å². The fourth-order valence-electron chi connectivity index (χ4n) is 6.41. The largest absolute Gasteiger partial charge is 0.469 e. The van der Waals surface area contributed by atoms with Crippen molar-refractivity contribution >= 4 is 69.7 Å². The number of nitrogens with zero attached hydrogens (tertiary/aromatic N) is 2. The van der Waals surface area contributed by atoms with Gasteiger partial charge in [-0.15, -0.1) is 0 Å². The minimum absolute atomic E-state index is 0.0606. The zero-order valence-electron chi connectivity index (χ0n) is 41.5. The molecule has 0 aliphatic rings. The van der Waals surface area contributed by atoms with E-state index in [2.05, 4.69) is 73.7 Å². The molecule has 0 fully saturated rings. The second-order valence-corrected chi connectivity index (χ2v) is 18.9. The predicted molar refractivity (Wildman–Crippen MR) is 279 cm³/mol. The number of amides is 2. The molecule has 0 spiro atoms. The number of rotatable bonds is 16. The van der Waals surface area contributed by atoms with E-state index in [1.165, 1.54) is 19.8 Å². The number of hydrogen-bond donors (Lipinski definition) is 5. The lowest BCUT2D eigenvalue weighted by Crippen LogP contribution is -2.37. The first kappa shape index (κ1) is 55.7. The van der Waals surface area contributed by atoms with E-state index in [1.807, 2.05) is 114 Å². The summed E-state index contributed by atoms with van der Waals surface area (Å²) >= 11 is 12.7. The van der Waals surface area contributed by atoms with Gasteiger partial charge in [-0.25, -0.2) is 4.79 Å². The number of methoxy groups -OCH3 is 2. The SMILES string of the molecule is C=CC(=O)OC.CC(C)Nc1ccc(-c2cc(C(=O)Nc3ccc(C(C)(C)C)cc3)no2)cc1Cl.COC(=O)CCNC(C)(C)c1ccc(NC(=O)c2cc(-c3ccc(NC(C)C)c(Cl)c3)on2)cc1. The maximum atomic E-state index is 12.7. The van der Waals surface area contributed by atoms with E-state index in [-0.39, 0.29) is 52.2 Å². The van der Waals surface area contributed by atoms with E-state index in [4.69, 9.17) is 32.2 Å². The van der Waals surface area contributed by atoms with Crippen molar-refractivity contribution in [2.45, 2.75) is 91.8 Å². The van der Waals surface area contributed by atoms with Gasteiger partial charge in [0.25, 0.3) is 11.8 Å². The van der Waals surface area contributed by atoms with Crippen molar-refractivity contribution in [1.82, 2.24) is 15.6 Å². The van der Waals surface area contributed by atoms with Crippen molar-refractivity contribution in [3.8, 4) is 22.6 Å². The molecule has 0 radical (unpaired) electrons. The number of esters is 2. The monoisotopic (exact) mass is 995 g/mol. The number of benzene rings is 4. The molecule has 6 aromatic rings. The minimum atomic E-state index is -0.394. The van der Waals surface area contributed by atoms with Gasteiger partial charge in [-0.2, -0.15) is 0 Å². The number of anilines is 4. The number of nitrogens with one attached hydrogen (secondary N) is 5. The first-order valence-electron chi connectivity index (χ1n) is 22.5. The fraction of sp³-hybridized carbons (Fsp3) is 0.321. The highest BCUT2D eigenvalue weighted by atomic mass is 35.5. The first-order valence-corrected chi connectivity index (χ1v) is 23.2. The standard InChI is InChI=1S/C26H31ClN4O4.C23H26ClN3O2.C4H6O2/c1-16(2)29-21-11-6-17(14-20(21)27)23-15-22(31-35-23)25(33)30-19-9-7-18(8-10-19)26(3,4)28-13-12-24(32)34-5;1-14(2)25-19-11-6-15(12-18(19)24)21-13-20(27-29-21)22(28)26-17-9-7-16(8-10-17)23(3,4)5;1-3-4(5)6-2/h6-11,14-16,28-29H,12-13H2,1-5H3,(H,30,33);6-14,25H,1-5H3,(H,26,28);3H,1H2,2H3. The van der Waals surface area contributed by atoms with E-state index < -0.39 is 5.97 Å². The van der Waals surface area contributed by atoms with Crippen LogP contribution in [-0.4, -0.2) is 66.9 Å². The smallest absolute Gasteiger partial charge is 0.329 e. The van der Waals surface area contributed by atoms with Crippen LogP contribution in [0.15, 0.2) is 119 Å². The molecule has 4 aromatic carbocycles. The van der Waals surface area contributed by atoms with Gasteiger partial charge < -0.3 is 45.1 Å². The molecule has 0 saturated heterocycles. The van der Waals surface area contributed by atoms with Gasteiger partial charge in [-0.1, -0.05) is 85.1 Å². The molecular weight excluding hydrogens is 934 g/mol. The molecule has 6 rings (SSSR count). The summed E-state index contributed by atoms with van der Waals surface area (Å²) in [5, 5.41) is 24.5. The van der Waals surface area contributed by atoms with Crippen LogP contribution in [-0.2, 0) is 30.0 Å². The fourth-order valence-corrected chi connectivity index (χ4v) is 6.88. The Hall–Kier alpha value is -6.94. The van der Waals surface area contributed by atoms with E-state index >= 15 is 0 Å². The highest BCUT2D eigenvalue weighted by Crippen LogP contribution is 2.32. The molecule has 0 unspecified atom stereocenters. The van der Waals surface area contributed by atoms with Crippen molar-refractivity contribution in [3.05, 3.63) is 142 Å². The van der Waals surface area contributed by atoms with Crippen LogP contribution in [0.2, 0.25) is 10.0 Å². The second-order valence-electron chi connectivity index (χ2n) is 18.1. The third-order valence-electron chi connectivity index (χ3n) is 10.2. The van der Waals surface area contributed by atoms with Gasteiger partial charge >= 0.3 is 11.9 Å². The average Bonchev–Trinajstić information content (AvgIpc) is 4.02. The van der Waals surface area contributed by atoms with Crippen LogP contribution >= 0.6 is 23.2 Å². The molecule has 15 nitrogen and oxygen atoms in total. The second kappa shape index (κ2) is 25.6. The van der Waals surface area contributed by atoms with Gasteiger partial charge in [-0.3, -0.25) is 14.4 Å². The molecule has 2 amide bonds. The first-order chi connectivity index (χ1) is 33.0. The molecule has 70 heavy (non-hydrogen) atoms. The third-order valence-corrected chi connectivity index (χ3v) is 10.9. The van der Waals surface area contributed by atoms with Gasteiger partial charge in [0.2, 0.25) is 0 Å². The lowest BCUT2D eigenvalue weighted by molar-refractivity contribution is -0.140. The zero-order chi connectivity index (χ0) is 51.8. The maximum absolute atomic E-state index is 12.7. The van der Waals surface area contributed by atoms with Crippen molar-refractivity contribution in [1.29, 1.82) is 0 Å². The Morgan fingerprint density at radius 2 is 1.07 bits per heavy atom. The molecular formula is C53H63Cl2N7O8. The molecule has 5 N–H and O–H groups in total. The Morgan fingerprint density at radius 1 is 0.643 bits per heavy atom. The minimum Gasteiger partial charge on any atom is -0.469 e. The van der Waals surface area contributed by atoms with E-state index in [0.717, 1.165) is 34.1 Å². The Labute approximate surface area is 420 Å². The molecule has 0 aliphatic carbocycles. The van der Waals surface area contributed by atoms with Gasteiger partial charge in [0.05, 0.1) is 42.1 Å². The molecule has 0 bridgehead atoms. The van der Waals surface area contributed by atoms with Crippen molar-refractivity contribution in [2.24, 2.45) is 0 Å². The van der Waals surface area contributed by atoms with Gasteiger partial charge in [0.1, 0.15) is 0 Å². The average molecular weight is 997 g/mol. The van der Waals surface area contributed by atoms with Crippen LogP contribution in [0.25, 0.3) is 22.6 Å². The summed E-state index contributed by atoms with van der Waals surface area (Å²) in [4.78, 5) is 46.4. The molecule has 2 aromatic heterocycles. The number of hydrogen-bond acceptors (Lipinski definition) is 13. The Balaban J connectivity index is 0.000000276. The van der Waals surface area contributed by atoms with Gasteiger partial charge in [0.15, 0.2) is 22.9 Å². The summed E-state index contributed by atoms with van der Waals surface area (Å²) in [5.41, 5.74) is 6.77. The van der Waals surface area contributed by atoms with E-state index in [0.29, 0.717) is 45.9 Å². The summed E-state index contributed by atoms with van der Waals surface area (Å²) in [6.07, 6.45) is 1.40. The Bertz CT molecular complexity index is 2700. The lowest BCUT2D eigenvalue weighted by Gasteiger charge is -2.27. The maximum Gasteiger partial charge on any atom is 0.329 e. The summed E-state index contributed by atoms with van der Waals surface area (Å²) in [6, 6.07) is 30.1. The van der Waals surface area contributed by atoms with Crippen LogP contribution < -0.4 is 26.6 Å². The van der Waals surface area contributed by atoms with Crippen molar-refractivity contribution in [3.63, 3.8) is 0 Å². The number of ether oxygens (including phenoxy) is 2. The number of carbonyl (C=O) groups excluding carboxylic acids is 4. The van der Waals surface area contributed by atoms with Gasteiger partial charge in [-0.05, 0) is 119 Å². The van der Waals surface area contributed by atoms with E-state index in [9.17, 15) is 19.2 Å². The normalized spacial score (nSPS) is 11.1. The molecule has 2 heterocycles. The van der Waals surface area contributed by atoms with Crippen molar-refractivity contribution in [2.75, 3.05) is 42.0 Å². The topological polar surface area (TPSA) is 199 Å². The van der Waals surface area contributed by atoms with Crippen molar-refractivity contribution < 1.29 is 37.7 Å². The molecule has 372 valence electrons.